The second-order valence-corrected chi connectivity index (χ2v) is 30.1. The van der Waals surface area contributed by atoms with Gasteiger partial charge in [-0.05, 0) is 167 Å². The van der Waals surface area contributed by atoms with E-state index in [2.05, 4.69) is 29.4 Å². The summed E-state index contributed by atoms with van der Waals surface area (Å²) in [6.45, 7) is 35.7. The van der Waals surface area contributed by atoms with Gasteiger partial charge in [-0.25, -0.2) is 32.3 Å². The van der Waals surface area contributed by atoms with Crippen LogP contribution < -0.4 is 0 Å². The van der Waals surface area contributed by atoms with Crippen LogP contribution in [0.5, 0.6) is 0 Å². The molecule has 5 saturated heterocycles. The highest BCUT2D eigenvalue weighted by atomic mass is 28.4. The molecule has 438 valence electrons. The van der Waals surface area contributed by atoms with Gasteiger partial charge in [-0.15, -0.1) is 0 Å². The number of carbonyl (C=O) groups excluding carboxylic acids is 6. The van der Waals surface area contributed by atoms with Crippen molar-refractivity contribution < 1.29 is 65.3 Å². The fourth-order valence-corrected chi connectivity index (χ4v) is 9.76. The minimum Gasteiger partial charge on any atom is -0.547 e. The number of ether oxygens (including phenoxy) is 4. The first-order valence-electron chi connectivity index (χ1n) is 27.7. The lowest BCUT2D eigenvalue weighted by molar-refractivity contribution is -0.127. The predicted octanol–water partition coefficient (Wildman–Crippen LogP) is 10.5. The van der Waals surface area contributed by atoms with E-state index in [4.69, 9.17) is 23.4 Å². The zero-order valence-electron chi connectivity index (χ0n) is 49.0. The quantitative estimate of drug-likeness (QED) is 0.193. The summed E-state index contributed by atoms with van der Waals surface area (Å²) in [4.78, 5) is 79.0. The standard InChI is InChI=1S/C13H23FN2O2.C13H25NO3Si.C10H16FNO3.C10H17NO3.C9H16FN/c1-13(2,3)18-12(17)16-8-5-11(10(14)9-16)15-6-4-7-15;1-13(2,3)16-12(15)14-9-7-11(8-10-14)17-18(4,5)6;1-10(2,3)15-9(14)12-5-4-8(13)7(11)6-12;1-10(2,3)14-9(13)11-6-4-8(12)5-7-11;10-8-4-1-2-5-9(8)11-6-3-7-11/h10-11H,4-9H2,1-3H3;7H,8-10H2,1-6H3;7H,4-6H2,1-3H3;4-7H2,1-3H3;8-9H,1-7H2/t10-,11+;;;;8-,9+/m1...1/s1. The smallest absolute Gasteiger partial charge is 0.410 e. The summed E-state index contributed by atoms with van der Waals surface area (Å²) in [6.07, 6.45) is 6.61. The van der Waals surface area contributed by atoms with Crippen LogP contribution in [0.15, 0.2) is 11.8 Å². The van der Waals surface area contributed by atoms with Gasteiger partial charge < -0.3 is 43.0 Å². The minimum atomic E-state index is -1.56. The number of ketones is 2. The van der Waals surface area contributed by atoms with E-state index in [1.54, 1.807) is 30.6 Å². The minimum absolute atomic E-state index is 0.00237. The lowest BCUT2D eigenvalue weighted by Gasteiger charge is -2.44. The third-order valence-corrected chi connectivity index (χ3v) is 13.6. The first-order chi connectivity index (χ1) is 35.0. The largest absolute Gasteiger partial charge is 0.547 e. The molecule has 0 aromatic carbocycles. The summed E-state index contributed by atoms with van der Waals surface area (Å²) in [6, 6.07) is 0.287. The second kappa shape index (κ2) is 29.2. The molecular weight excluding hydrogens is 1010 g/mol. The fraction of sp³-hybridized carbons (Fsp3) is 0.855. The Labute approximate surface area is 454 Å². The van der Waals surface area contributed by atoms with Crippen molar-refractivity contribution in [3.05, 3.63) is 11.8 Å². The van der Waals surface area contributed by atoms with Gasteiger partial charge in [0.15, 0.2) is 12.0 Å². The number of Topliss-reactive ketones (excluding diaryl/α,β-unsaturated/α-hetero) is 2. The van der Waals surface area contributed by atoms with E-state index in [0.29, 0.717) is 52.0 Å². The third-order valence-electron chi connectivity index (χ3n) is 12.8. The molecule has 6 heterocycles. The molecule has 1 saturated carbocycles. The highest BCUT2D eigenvalue weighted by molar-refractivity contribution is 6.70. The van der Waals surface area contributed by atoms with Gasteiger partial charge in [0.1, 0.15) is 40.5 Å². The zero-order valence-corrected chi connectivity index (χ0v) is 50.0. The SMILES string of the molecule is CC(C)(C)OC(=O)N1CC=C(O[Si](C)(C)C)CC1.CC(C)(C)OC(=O)N1CCC(=O)C(F)C1.CC(C)(C)OC(=O)N1CCC(=O)CC1.CC(C)(C)OC(=O)N1CC[C@H](N2CCC2)[C@H](F)C1.F[C@@H]1CCCC[C@@H]1N1CCC1. The van der Waals surface area contributed by atoms with Gasteiger partial charge in [0, 0.05) is 77.0 Å². The summed E-state index contributed by atoms with van der Waals surface area (Å²) < 4.78 is 67.2. The molecule has 5 atom stereocenters. The van der Waals surface area contributed by atoms with E-state index >= 15 is 0 Å². The number of carbonyl (C=O) groups is 6. The Bertz CT molecular complexity index is 1910. The summed E-state index contributed by atoms with van der Waals surface area (Å²) in [7, 11) is -1.54. The number of nitrogens with zero attached hydrogens (tertiary/aromatic N) is 6. The Kier molecular flexibility index (Phi) is 25.4. The lowest BCUT2D eigenvalue weighted by atomic mass is 9.91. The van der Waals surface area contributed by atoms with Crippen LogP contribution >= 0.6 is 0 Å². The highest BCUT2D eigenvalue weighted by Gasteiger charge is 2.39. The van der Waals surface area contributed by atoms with Crippen LogP contribution in [0.1, 0.15) is 154 Å². The van der Waals surface area contributed by atoms with Crippen molar-refractivity contribution in [1.82, 2.24) is 29.4 Å². The van der Waals surface area contributed by atoms with Gasteiger partial charge in [0.05, 0.1) is 18.8 Å². The number of alkyl halides is 3. The lowest BCUT2D eigenvalue weighted by Crippen LogP contribution is -2.57. The molecule has 0 radical (unpaired) electrons. The molecule has 21 heteroatoms. The summed E-state index contributed by atoms with van der Waals surface area (Å²) in [5, 5.41) is 0. The van der Waals surface area contributed by atoms with Crippen molar-refractivity contribution in [1.29, 1.82) is 0 Å². The van der Waals surface area contributed by atoms with Crippen LogP contribution in [0.4, 0.5) is 32.3 Å². The molecule has 1 unspecified atom stereocenters. The van der Waals surface area contributed by atoms with Crippen molar-refractivity contribution in [2.45, 2.75) is 226 Å². The maximum atomic E-state index is 14.1. The van der Waals surface area contributed by atoms with Gasteiger partial charge >= 0.3 is 24.4 Å². The number of halogens is 3. The van der Waals surface area contributed by atoms with Gasteiger partial charge in [-0.2, -0.15) is 0 Å². The Hall–Kier alpha value is -4.11. The molecule has 7 aliphatic rings. The molecule has 6 fully saturated rings. The van der Waals surface area contributed by atoms with Crippen LogP contribution in [0, 0.1) is 0 Å². The van der Waals surface area contributed by atoms with Crippen molar-refractivity contribution in [2.75, 3.05) is 78.5 Å². The molecule has 4 amide bonds. The first-order valence-corrected chi connectivity index (χ1v) is 31.1. The van der Waals surface area contributed by atoms with Gasteiger partial charge in [-0.1, -0.05) is 12.8 Å². The molecule has 1 aliphatic carbocycles. The van der Waals surface area contributed by atoms with E-state index in [9.17, 15) is 41.9 Å². The highest BCUT2D eigenvalue weighted by Crippen LogP contribution is 2.29. The van der Waals surface area contributed by atoms with Crippen molar-refractivity contribution in [3.8, 4) is 0 Å². The maximum Gasteiger partial charge on any atom is 0.410 e. The normalized spacial score (nSPS) is 24.8. The average molecular weight is 1100 g/mol. The molecule has 0 aromatic heterocycles. The molecule has 0 N–H and O–H groups in total. The van der Waals surface area contributed by atoms with Crippen LogP contribution in [0.2, 0.25) is 19.6 Å². The fourth-order valence-electron chi connectivity index (χ4n) is 8.79. The monoisotopic (exact) mass is 1100 g/mol. The van der Waals surface area contributed by atoms with Crippen LogP contribution in [-0.2, 0) is 33.0 Å². The molecule has 0 bridgehead atoms. The average Bonchev–Trinajstić information content (AvgIpc) is 3.23. The van der Waals surface area contributed by atoms with Crippen LogP contribution in [0.25, 0.3) is 0 Å². The Morgan fingerprint density at radius 1 is 0.487 bits per heavy atom. The second-order valence-electron chi connectivity index (χ2n) is 25.6. The Morgan fingerprint density at radius 2 is 0.895 bits per heavy atom. The molecule has 0 spiro atoms. The summed E-state index contributed by atoms with van der Waals surface area (Å²) in [5.74, 6) is 0.814. The van der Waals surface area contributed by atoms with E-state index in [1.165, 1.54) is 29.1 Å². The number of rotatable bonds is 4. The molecular formula is C55H97F3N6O11Si. The van der Waals surface area contributed by atoms with Crippen LogP contribution in [-0.4, -0.2) is 205 Å². The molecule has 7 rings (SSSR count). The summed E-state index contributed by atoms with van der Waals surface area (Å²) >= 11 is 0. The van der Waals surface area contributed by atoms with E-state index in [1.807, 2.05) is 68.4 Å². The number of hydrogen-bond acceptors (Lipinski definition) is 13. The van der Waals surface area contributed by atoms with Gasteiger partial charge in [-0.3, -0.25) is 19.4 Å². The van der Waals surface area contributed by atoms with E-state index in [0.717, 1.165) is 57.6 Å². The Morgan fingerprint density at radius 3 is 1.28 bits per heavy atom. The number of likely N-dealkylation sites (tertiary alicyclic amines) is 5. The number of amides is 4. The zero-order chi connectivity index (χ0) is 57.4. The van der Waals surface area contributed by atoms with E-state index < -0.39 is 67.2 Å². The third kappa shape index (κ3) is 25.6. The molecule has 76 heavy (non-hydrogen) atoms. The molecule has 17 nitrogen and oxygen atoms in total. The molecule has 6 aliphatic heterocycles. The molecule has 0 aromatic rings. The van der Waals surface area contributed by atoms with Crippen molar-refractivity contribution in [2.24, 2.45) is 0 Å². The van der Waals surface area contributed by atoms with Gasteiger partial charge in [0.25, 0.3) is 0 Å². The topological polar surface area (TPSA) is 168 Å². The predicted molar refractivity (Wildman–Crippen MR) is 290 cm³/mol. The number of hydrogen-bond donors (Lipinski definition) is 0. The van der Waals surface area contributed by atoms with Gasteiger partial charge in [0.2, 0.25) is 8.32 Å². The first kappa shape index (κ1) is 66.2. The maximum absolute atomic E-state index is 14.1. The van der Waals surface area contributed by atoms with Crippen LogP contribution in [0.3, 0.4) is 0 Å². The number of piperidine rings is 3. The Balaban J connectivity index is 0.000000252. The van der Waals surface area contributed by atoms with Crippen molar-refractivity contribution >= 4 is 44.3 Å². The van der Waals surface area contributed by atoms with E-state index in [-0.39, 0.29) is 56.1 Å². The van der Waals surface area contributed by atoms with Crippen molar-refractivity contribution in [3.63, 3.8) is 0 Å². The summed E-state index contributed by atoms with van der Waals surface area (Å²) in [5.41, 5.74) is -2.00.